The Morgan fingerprint density at radius 3 is 1.75 bits per heavy atom. The second-order valence-corrected chi connectivity index (χ2v) is 12.7. The first-order valence-electron chi connectivity index (χ1n) is 15.8. The van der Waals surface area contributed by atoms with E-state index in [1.165, 1.54) is 84.2 Å². The average Bonchev–Trinajstić information content (AvgIpc) is 3.80. The van der Waals surface area contributed by atoms with Crippen LogP contribution in [0.2, 0.25) is 0 Å². The van der Waals surface area contributed by atoms with E-state index in [2.05, 4.69) is 108 Å². The van der Waals surface area contributed by atoms with Gasteiger partial charge in [0.05, 0.1) is 0 Å². The summed E-state index contributed by atoms with van der Waals surface area (Å²) in [5.74, 6) is 0.938. The van der Waals surface area contributed by atoms with Gasteiger partial charge in [0.15, 0.2) is 0 Å². The van der Waals surface area contributed by atoms with E-state index in [4.69, 9.17) is 0 Å². The highest BCUT2D eigenvalue weighted by Gasteiger charge is 2.48. The molecular formula is C37H47N3. The van der Waals surface area contributed by atoms with Crippen LogP contribution in [0.5, 0.6) is 0 Å². The van der Waals surface area contributed by atoms with Crippen LogP contribution in [0.3, 0.4) is 0 Å². The van der Waals surface area contributed by atoms with Gasteiger partial charge in [0, 0.05) is 31.7 Å². The molecule has 2 atom stereocenters. The van der Waals surface area contributed by atoms with Gasteiger partial charge in [-0.05, 0) is 89.6 Å². The first-order chi connectivity index (χ1) is 19.7. The van der Waals surface area contributed by atoms with Crippen LogP contribution >= 0.6 is 0 Å². The van der Waals surface area contributed by atoms with Gasteiger partial charge in [-0.3, -0.25) is 0 Å². The largest absolute Gasteiger partial charge is 0.318 e. The Labute approximate surface area is 241 Å². The van der Waals surface area contributed by atoms with Crippen molar-refractivity contribution < 1.29 is 0 Å². The summed E-state index contributed by atoms with van der Waals surface area (Å²) in [6.07, 6.45) is 12.1. The number of hydrogen-bond donors (Lipinski definition) is 3. The van der Waals surface area contributed by atoms with Gasteiger partial charge in [0.1, 0.15) is 0 Å². The molecule has 2 fully saturated rings. The zero-order valence-electron chi connectivity index (χ0n) is 24.3. The molecule has 3 N–H and O–H groups in total. The maximum atomic E-state index is 4.12. The second kappa shape index (κ2) is 12.9. The lowest BCUT2D eigenvalue weighted by atomic mass is 9.77. The molecule has 0 radical (unpaired) electrons. The Hall–Kier alpha value is -2.72. The minimum absolute atomic E-state index is 0.389. The van der Waals surface area contributed by atoms with Gasteiger partial charge < -0.3 is 16.0 Å². The van der Waals surface area contributed by atoms with Crippen LogP contribution in [0.1, 0.15) is 56.1 Å². The molecule has 0 heterocycles. The molecule has 210 valence electrons. The van der Waals surface area contributed by atoms with Crippen molar-refractivity contribution >= 4 is 21.5 Å². The van der Waals surface area contributed by atoms with Crippen LogP contribution < -0.4 is 16.0 Å². The molecule has 6 rings (SSSR count). The third-order valence-electron chi connectivity index (χ3n) is 9.80. The molecule has 0 bridgehead atoms. The molecule has 0 unspecified atom stereocenters. The molecule has 0 amide bonds. The monoisotopic (exact) mass is 533 g/mol. The van der Waals surface area contributed by atoms with E-state index in [0.29, 0.717) is 17.5 Å². The Kier molecular flexibility index (Phi) is 8.82. The molecule has 0 saturated heterocycles. The normalized spacial score (nSPS) is 18.6. The minimum Gasteiger partial charge on any atom is -0.318 e. The maximum absolute atomic E-state index is 4.12. The van der Waals surface area contributed by atoms with Crippen LogP contribution in [0.25, 0.3) is 21.5 Å². The summed E-state index contributed by atoms with van der Waals surface area (Å²) in [6.45, 7) is 3.12. The number of likely N-dealkylation sites (N-methyl/N-ethyl adjacent to an activating group) is 1. The first kappa shape index (κ1) is 27.4. The smallest absolute Gasteiger partial charge is 0.0233 e. The lowest BCUT2D eigenvalue weighted by molar-refractivity contribution is 0.213. The highest BCUT2D eigenvalue weighted by atomic mass is 15.0. The highest BCUT2D eigenvalue weighted by Crippen LogP contribution is 2.56. The van der Waals surface area contributed by atoms with E-state index < -0.39 is 0 Å². The highest BCUT2D eigenvalue weighted by molar-refractivity contribution is 5.83. The Balaban J connectivity index is 1.15. The molecule has 0 aliphatic heterocycles. The summed E-state index contributed by atoms with van der Waals surface area (Å²) in [7, 11) is 2.07. The third kappa shape index (κ3) is 6.77. The molecule has 0 aromatic heterocycles. The van der Waals surface area contributed by atoms with Crippen molar-refractivity contribution in [2.24, 2.45) is 11.3 Å². The van der Waals surface area contributed by atoms with Crippen molar-refractivity contribution in [1.29, 1.82) is 0 Å². The number of fused-ring (bicyclic) bond motifs is 2. The second-order valence-electron chi connectivity index (χ2n) is 12.7. The Morgan fingerprint density at radius 1 is 0.650 bits per heavy atom. The topological polar surface area (TPSA) is 36.1 Å². The van der Waals surface area contributed by atoms with Crippen LogP contribution in [0.15, 0.2) is 84.9 Å². The predicted molar refractivity (Wildman–Crippen MR) is 171 cm³/mol. The van der Waals surface area contributed by atoms with Gasteiger partial charge >= 0.3 is 0 Å². The zero-order chi connectivity index (χ0) is 27.2. The predicted octanol–water partition coefficient (Wildman–Crippen LogP) is 7.27. The molecule has 0 spiro atoms. The van der Waals surface area contributed by atoms with Crippen molar-refractivity contribution in [2.75, 3.05) is 26.7 Å². The summed E-state index contributed by atoms with van der Waals surface area (Å²) in [6, 6.07) is 32.2. The van der Waals surface area contributed by atoms with Crippen LogP contribution in [0.4, 0.5) is 0 Å². The summed E-state index contributed by atoms with van der Waals surface area (Å²) in [5, 5.41) is 16.9. The maximum Gasteiger partial charge on any atom is 0.0233 e. The number of benzene rings is 4. The van der Waals surface area contributed by atoms with Crippen LogP contribution in [-0.4, -0.2) is 38.8 Å². The minimum atomic E-state index is 0.389. The van der Waals surface area contributed by atoms with Gasteiger partial charge in [-0.1, -0.05) is 104 Å². The van der Waals surface area contributed by atoms with E-state index >= 15 is 0 Å². The summed E-state index contributed by atoms with van der Waals surface area (Å²) < 4.78 is 0. The van der Waals surface area contributed by atoms with Crippen LogP contribution in [-0.2, 0) is 12.8 Å². The van der Waals surface area contributed by atoms with Crippen LogP contribution in [0, 0.1) is 11.3 Å². The number of rotatable bonds is 13. The van der Waals surface area contributed by atoms with E-state index in [1.807, 2.05) is 0 Å². The Bertz CT molecular complexity index is 1380. The molecule has 4 aromatic rings. The quantitative estimate of drug-likeness (QED) is 0.169. The van der Waals surface area contributed by atoms with E-state index in [-0.39, 0.29) is 0 Å². The molecule has 2 aliphatic carbocycles. The van der Waals surface area contributed by atoms with E-state index in [9.17, 15) is 0 Å². The fraction of sp³-hybridized carbons (Fsp3) is 0.459. The molecular weight excluding hydrogens is 486 g/mol. The van der Waals surface area contributed by atoms with Gasteiger partial charge in [-0.15, -0.1) is 0 Å². The van der Waals surface area contributed by atoms with Crippen molar-refractivity contribution in [2.45, 2.75) is 69.9 Å². The SMILES string of the molecule is CNC[C@H](Cc1ccc2ccccc2c1)NC[C@H](Cc1ccc2ccccc2c1)NCC1(C2CCCCC2)CC1. The van der Waals surface area contributed by atoms with Gasteiger partial charge in [-0.25, -0.2) is 0 Å². The fourth-order valence-electron chi connectivity index (χ4n) is 7.24. The third-order valence-corrected chi connectivity index (χ3v) is 9.80. The zero-order valence-corrected chi connectivity index (χ0v) is 24.3. The van der Waals surface area contributed by atoms with Crippen molar-refractivity contribution in [3.63, 3.8) is 0 Å². The van der Waals surface area contributed by atoms with Crippen molar-refractivity contribution in [3.05, 3.63) is 96.1 Å². The molecule has 2 saturated carbocycles. The first-order valence-corrected chi connectivity index (χ1v) is 15.8. The molecule has 3 nitrogen and oxygen atoms in total. The summed E-state index contributed by atoms with van der Waals surface area (Å²) in [5.41, 5.74) is 3.40. The van der Waals surface area contributed by atoms with Gasteiger partial charge in [-0.2, -0.15) is 0 Å². The summed E-state index contributed by atoms with van der Waals surface area (Å²) >= 11 is 0. The molecule has 2 aliphatic rings. The van der Waals surface area contributed by atoms with Crippen molar-refractivity contribution in [1.82, 2.24) is 16.0 Å². The van der Waals surface area contributed by atoms with Crippen molar-refractivity contribution in [3.8, 4) is 0 Å². The average molecular weight is 534 g/mol. The number of nitrogens with one attached hydrogen (secondary N) is 3. The molecule has 3 heteroatoms. The lowest BCUT2D eigenvalue weighted by Gasteiger charge is -2.33. The van der Waals surface area contributed by atoms with Gasteiger partial charge in [0.25, 0.3) is 0 Å². The standard InChI is InChI=1S/C37H47N3/c1-38-25-35(23-28-15-17-30-9-5-7-11-32(30)21-28)39-26-36(24-29-16-18-31-10-6-8-12-33(31)22-29)40-27-37(19-20-37)34-13-3-2-4-14-34/h5-12,15-18,21-22,34-36,38-40H,2-4,13-14,19-20,23-27H2,1H3/t35-,36-/m0/s1. The summed E-state index contributed by atoms with van der Waals surface area (Å²) in [4.78, 5) is 0. The Morgan fingerprint density at radius 2 is 1.20 bits per heavy atom. The molecule has 40 heavy (non-hydrogen) atoms. The van der Waals surface area contributed by atoms with E-state index in [0.717, 1.165) is 31.8 Å². The van der Waals surface area contributed by atoms with Gasteiger partial charge in [0.2, 0.25) is 0 Å². The van der Waals surface area contributed by atoms with E-state index in [1.54, 1.807) is 0 Å². The number of hydrogen-bond acceptors (Lipinski definition) is 3. The lowest BCUT2D eigenvalue weighted by Crippen LogP contribution is -2.49. The fourth-order valence-corrected chi connectivity index (χ4v) is 7.24. The molecule has 4 aromatic carbocycles.